The third-order valence-corrected chi connectivity index (χ3v) is 25.7. The molecule has 0 rings (SSSR count). The molecule has 0 fully saturated rings. The Morgan fingerprint density at radius 1 is 0.781 bits per heavy atom. The molecule has 6 nitrogen and oxygen atoms in total. The van der Waals surface area contributed by atoms with Gasteiger partial charge in [0.05, 0.1) is 0 Å². The van der Waals surface area contributed by atoms with Gasteiger partial charge in [-0.05, 0) is 58.4 Å². The third-order valence-electron chi connectivity index (χ3n) is 5.08. The Balaban J connectivity index is 5.58. The third kappa shape index (κ3) is 11.0. The van der Waals surface area contributed by atoms with E-state index in [4.69, 9.17) is 20.9 Å². The second-order valence-electron chi connectivity index (χ2n) is 11.1. The first-order valence-corrected chi connectivity index (χ1v) is 25.4. The largest absolute Gasteiger partial charge is 0.491 e. The van der Waals surface area contributed by atoms with Crippen molar-refractivity contribution in [3.05, 3.63) is 12.7 Å². The van der Waals surface area contributed by atoms with Gasteiger partial charge in [-0.15, -0.1) is 0 Å². The lowest BCUT2D eigenvalue weighted by molar-refractivity contribution is -0.131. The predicted octanol–water partition coefficient (Wildman–Crippen LogP) is 7.15. The molecule has 0 aliphatic carbocycles. The molecule has 0 radical (unpaired) electrons. The summed E-state index contributed by atoms with van der Waals surface area (Å²) in [6.07, 6.45) is 3.58. The summed E-state index contributed by atoms with van der Waals surface area (Å²) >= 11 is 0. The van der Waals surface area contributed by atoms with Crippen LogP contribution in [0.5, 0.6) is 0 Å². The quantitative estimate of drug-likeness (QED) is 0.163. The van der Waals surface area contributed by atoms with Crippen LogP contribution < -0.4 is 0 Å². The second kappa shape index (κ2) is 12.2. The van der Waals surface area contributed by atoms with Crippen molar-refractivity contribution in [3.63, 3.8) is 0 Å². The highest BCUT2D eigenvalue weighted by Gasteiger charge is 2.54. The maximum absolute atomic E-state index is 12.2. The Morgan fingerprint density at radius 2 is 1.19 bits per heavy atom. The fourth-order valence-electron chi connectivity index (χ4n) is 4.31. The molecule has 0 bridgehead atoms. The molecule has 0 saturated carbocycles. The second-order valence-corrected chi connectivity index (χ2v) is 30.8. The summed E-state index contributed by atoms with van der Waals surface area (Å²) in [6, 6.07) is 1.14. The molecule has 190 valence electrons. The van der Waals surface area contributed by atoms with E-state index in [0.717, 1.165) is 6.04 Å². The highest BCUT2D eigenvalue weighted by molar-refractivity contribution is 6.90. The van der Waals surface area contributed by atoms with E-state index in [1.54, 1.807) is 0 Å². The minimum atomic E-state index is -2.91. The number of hydrogen-bond acceptors (Lipinski definition) is 6. The van der Waals surface area contributed by atoms with Crippen LogP contribution >= 0.6 is 0 Å². The molecule has 0 aromatic heterocycles. The Hall–Kier alpha value is 0.134. The van der Waals surface area contributed by atoms with Crippen LogP contribution in [0.2, 0.25) is 69.5 Å². The van der Waals surface area contributed by atoms with Gasteiger partial charge in [-0.2, -0.15) is 0 Å². The van der Waals surface area contributed by atoms with Gasteiger partial charge < -0.3 is 20.9 Å². The van der Waals surface area contributed by atoms with Crippen molar-refractivity contribution >= 4 is 48.5 Å². The Morgan fingerprint density at radius 3 is 1.56 bits per heavy atom. The maximum Gasteiger partial charge on any atom is 0.398 e. The molecule has 0 aromatic carbocycles. The molecular weight excluding hydrogens is 489 g/mol. The first kappa shape index (κ1) is 32.1. The van der Waals surface area contributed by atoms with Gasteiger partial charge in [-0.25, -0.2) is 4.79 Å². The van der Waals surface area contributed by atoms with Crippen LogP contribution in [0.3, 0.4) is 0 Å². The molecule has 0 spiro atoms. The van der Waals surface area contributed by atoms with Gasteiger partial charge in [0.15, 0.2) is 8.32 Å². The van der Waals surface area contributed by atoms with Gasteiger partial charge in [0.2, 0.25) is 0 Å². The number of rotatable bonds is 15. The Labute approximate surface area is 203 Å². The van der Waals surface area contributed by atoms with Crippen molar-refractivity contribution in [3.8, 4) is 0 Å². The Kier molecular flexibility index (Phi) is 12.3. The fraction of sp³-hybridized carbons (Fsp3) is 0.857. The van der Waals surface area contributed by atoms with Gasteiger partial charge in [0.1, 0.15) is 0 Å². The predicted molar refractivity (Wildman–Crippen MR) is 146 cm³/mol. The zero-order valence-corrected chi connectivity index (χ0v) is 28.0. The summed E-state index contributed by atoms with van der Waals surface area (Å²) in [4.78, 5) is 12.2. The van der Waals surface area contributed by atoms with Gasteiger partial charge >= 0.3 is 40.2 Å². The van der Waals surface area contributed by atoms with Crippen molar-refractivity contribution in [2.75, 3.05) is 0 Å². The number of carbonyl (C=O) groups excluding carboxylic acids is 1. The molecule has 0 aliphatic heterocycles. The molecule has 0 unspecified atom stereocenters. The van der Waals surface area contributed by atoms with Crippen LogP contribution in [-0.4, -0.2) is 48.5 Å². The zero-order chi connectivity index (χ0) is 25.6. The van der Waals surface area contributed by atoms with Crippen molar-refractivity contribution < 1.29 is 25.7 Å². The van der Waals surface area contributed by atoms with Crippen molar-refractivity contribution in [2.24, 2.45) is 0 Å². The SMILES string of the molecule is C=CC(=O)O[Si](O[Si](C)(C)O[Si](C)(C)O[Si](C)(C)O[Si](C)(C)CCCC)(C(C)C)C(C)C. The number of carbonyl (C=O) groups is 1. The summed E-state index contributed by atoms with van der Waals surface area (Å²) < 4.78 is 32.6. The van der Waals surface area contributed by atoms with Gasteiger partial charge in [0, 0.05) is 17.2 Å². The molecule has 0 aliphatic rings. The topological polar surface area (TPSA) is 63.2 Å². The monoisotopic (exact) mass is 538 g/mol. The van der Waals surface area contributed by atoms with Crippen molar-refractivity contribution in [1.82, 2.24) is 0 Å². The lowest BCUT2D eigenvalue weighted by atomic mass is 10.4. The van der Waals surface area contributed by atoms with E-state index < -0.39 is 48.5 Å². The van der Waals surface area contributed by atoms with Crippen LogP contribution in [0.4, 0.5) is 0 Å². The Bertz CT molecular complexity index is 612. The average molecular weight is 539 g/mol. The minimum absolute atomic E-state index is 0.0759. The van der Waals surface area contributed by atoms with Gasteiger partial charge in [0.25, 0.3) is 0 Å². The molecular formula is C21H50O6Si5. The summed E-state index contributed by atoms with van der Waals surface area (Å²) in [5, 5.41) is 0. The molecule has 11 heteroatoms. The highest BCUT2D eigenvalue weighted by atomic mass is 28.5. The lowest BCUT2D eigenvalue weighted by Gasteiger charge is -2.45. The van der Waals surface area contributed by atoms with Crippen LogP contribution in [0.15, 0.2) is 12.7 Å². The zero-order valence-electron chi connectivity index (χ0n) is 23.0. The van der Waals surface area contributed by atoms with E-state index in [1.165, 1.54) is 18.9 Å². The van der Waals surface area contributed by atoms with E-state index in [-0.39, 0.29) is 11.1 Å². The molecule has 0 amide bonds. The van der Waals surface area contributed by atoms with E-state index in [2.05, 4.69) is 80.5 Å². The van der Waals surface area contributed by atoms with E-state index in [9.17, 15) is 4.79 Å². The van der Waals surface area contributed by atoms with Gasteiger partial charge in [-0.1, -0.05) is 54.0 Å². The van der Waals surface area contributed by atoms with E-state index in [0.29, 0.717) is 0 Å². The highest BCUT2D eigenvalue weighted by Crippen LogP contribution is 2.38. The van der Waals surface area contributed by atoms with Crippen LogP contribution in [0, 0.1) is 0 Å². The molecule has 0 N–H and O–H groups in total. The first-order valence-electron chi connectivity index (χ1n) is 11.9. The summed E-state index contributed by atoms with van der Waals surface area (Å²) in [7, 11) is -12.3. The minimum Gasteiger partial charge on any atom is -0.491 e. The normalized spacial score (nSPS) is 14.2. The maximum atomic E-state index is 12.2. The molecule has 0 aromatic rings. The molecule has 0 saturated heterocycles. The van der Waals surface area contributed by atoms with Crippen LogP contribution in [0.25, 0.3) is 0 Å². The van der Waals surface area contributed by atoms with Crippen molar-refractivity contribution in [1.29, 1.82) is 0 Å². The first-order chi connectivity index (χ1) is 14.2. The van der Waals surface area contributed by atoms with E-state index >= 15 is 0 Å². The van der Waals surface area contributed by atoms with Crippen LogP contribution in [-0.2, 0) is 25.7 Å². The molecule has 0 atom stereocenters. The summed E-state index contributed by atoms with van der Waals surface area (Å²) in [5.74, 6) is -0.433. The fourth-order valence-corrected chi connectivity index (χ4v) is 29.7. The number of hydrogen-bond donors (Lipinski definition) is 0. The number of unbranched alkanes of at least 4 members (excludes halogenated alkanes) is 1. The molecule has 0 heterocycles. The van der Waals surface area contributed by atoms with Crippen molar-refractivity contribution in [2.45, 2.75) is 117 Å². The summed E-state index contributed by atoms with van der Waals surface area (Å²) in [6.45, 7) is 31.0. The van der Waals surface area contributed by atoms with E-state index in [1.807, 2.05) is 13.1 Å². The average Bonchev–Trinajstić information content (AvgIpc) is 2.55. The smallest absolute Gasteiger partial charge is 0.398 e. The lowest BCUT2D eigenvalue weighted by Crippen LogP contribution is -2.61. The summed E-state index contributed by atoms with van der Waals surface area (Å²) in [5.41, 5.74) is 0.152. The van der Waals surface area contributed by atoms with Crippen LogP contribution in [0.1, 0.15) is 47.5 Å². The standard InChI is InChI=1S/C21H50O6Si5/c1-15-17-18-28(7,8)24-29(9,10)25-30(11,12)26-31(13,14)27-32(19(3)4,20(5)6)23-21(22)16-2/h16,19-20H,2,15,17-18H2,1,3-14H3. The van der Waals surface area contributed by atoms with Gasteiger partial charge in [-0.3, -0.25) is 0 Å². The molecule has 32 heavy (non-hydrogen) atoms.